The maximum atomic E-state index is 6.32. The van der Waals surface area contributed by atoms with Gasteiger partial charge in [-0.3, -0.25) is 4.90 Å². The van der Waals surface area contributed by atoms with E-state index in [1.165, 1.54) is 0 Å². The summed E-state index contributed by atoms with van der Waals surface area (Å²) in [4.78, 5) is 2.19. The molecular formula is C16H16ClNO3. The van der Waals surface area contributed by atoms with Crippen LogP contribution in [0.25, 0.3) is 0 Å². The zero-order valence-corrected chi connectivity index (χ0v) is 12.3. The fourth-order valence-corrected chi connectivity index (χ4v) is 2.53. The Balaban J connectivity index is 1.77. The van der Waals surface area contributed by atoms with Crippen LogP contribution in [0.5, 0.6) is 11.5 Å². The number of halogens is 1. The Labute approximate surface area is 128 Å². The van der Waals surface area contributed by atoms with Crippen LogP contribution in [0.4, 0.5) is 0 Å². The largest absolute Gasteiger partial charge is 0.468 e. The molecule has 0 N–H and O–H groups in total. The SMILES string of the molecule is C=CCN(Cc1ccco1)Cc1cc2c(cc1Cl)OCO2. The summed E-state index contributed by atoms with van der Waals surface area (Å²) in [6, 6.07) is 7.58. The number of fused-ring (bicyclic) bond motifs is 1. The van der Waals surface area contributed by atoms with E-state index in [2.05, 4.69) is 11.5 Å². The van der Waals surface area contributed by atoms with Crippen LogP contribution in [0.15, 0.2) is 47.6 Å². The van der Waals surface area contributed by atoms with E-state index in [9.17, 15) is 0 Å². The maximum absolute atomic E-state index is 6.32. The van der Waals surface area contributed by atoms with E-state index < -0.39 is 0 Å². The molecule has 21 heavy (non-hydrogen) atoms. The second kappa shape index (κ2) is 6.24. The number of ether oxygens (including phenoxy) is 2. The highest BCUT2D eigenvalue weighted by Gasteiger charge is 2.18. The van der Waals surface area contributed by atoms with Crippen molar-refractivity contribution in [3.05, 3.63) is 59.5 Å². The Bertz CT molecular complexity index is 625. The molecule has 3 rings (SSSR count). The molecule has 1 aliphatic rings. The summed E-state index contributed by atoms with van der Waals surface area (Å²) in [5.74, 6) is 2.35. The molecule has 2 aromatic rings. The quantitative estimate of drug-likeness (QED) is 0.759. The second-order valence-corrected chi connectivity index (χ2v) is 5.24. The molecule has 4 nitrogen and oxygen atoms in total. The summed E-state index contributed by atoms with van der Waals surface area (Å²) in [5.41, 5.74) is 0.995. The third kappa shape index (κ3) is 3.23. The van der Waals surface area contributed by atoms with Gasteiger partial charge in [0, 0.05) is 24.2 Å². The smallest absolute Gasteiger partial charge is 0.231 e. The molecule has 0 atom stereocenters. The van der Waals surface area contributed by atoms with Crippen LogP contribution in [0.3, 0.4) is 0 Å². The average molecular weight is 306 g/mol. The van der Waals surface area contributed by atoms with Crippen LogP contribution >= 0.6 is 11.6 Å². The van der Waals surface area contributed by atoms with E-state index in [1.54, 1.807) is 12.3 Å². The Morgan fingerprint density at radius 2 is 2.05 bits per heavy atom. The Morgan fingerprint density at radius 1 is 1.24 bits per heavy atom. The van der Waals surface area contributed by atoms with Gasteiger partial charge in [0.05, 0.1) is 12.8 Å². The minimum atomic E-state index is 0.248. The first-order chi connectivity index (χ1) is 10.3. The van der Waals surface area contributed by atoms with E-state index in [0.29, 0.717) is 23.9 Å². The van der Waals surface area contributed by atoms with Crippen molar-refractivity contribution >= 4 is 11.6 Å². The van der Waals surface area contributed by atoms with E-state index >= 15 is 0 Å². The van der Waals surface area contributed by atoms with Gasteiger partial charge in [0.25, 0.3) is 0 Å². The first-order valence-corrected chi connectivity index (χ1v) is 7.07. The molecule has 0 aliphatic carbocycles. The Hall–Kier alpha value is -1.91. The van der Waals surface area contributed by atoms with Gasteiger partial charge in [0.2, 0.25) is 6.79 Å². The summed E-state index contributed by atoms with van der Waals surface area (Å²) >= 11 is 6.32. The molecule has 0 amide bonds. The van der Waals surface area contributed by atoms with Crippen LogP contribution in [-0.2, 0) is 13.1 Å². The molecule has 0 bridgehead atoms. The van der Waals surface area contributed by atoms with Crippen LogP contribution in [0.2, 0.25) is 5.02 Å². The van der Waals surface area contributed by atoms with E-state index in [-0.39, 0.29) is 6.79 Å². The summed E-state index contributed by atoms with van der Waals surface area (Å²) < 4.78 is 16.1. The first kappa shape index (κ1) is 14.0. The van der Waals surface area contributed by atoms with Crippen LogP contribution in [-0.4, -0.2) is 18.2 Å². The minimum Gasteiger partial charge on any atom is -0.468 e. The number of rotatable bonds is 6. The third-order valence-electron chi connectivity index (χ3n) is 3.28. The zero-order chi connectivity index (χ0) is 14.7. The molecule has 1 aromatic carbocycles. The number of furan rings is 1. The monoisotopic (exact) mass is 305 g/mol. The Morgan fingerprint density at radius 3 is 2.76 bits per heavy atom. The van der Waals surface area contributed by atoms with Crippen LogP contribution in [0.1, 0.15) is 11.3 Å². The van der Waals surface area contributed by atoms with Crippen LogP contribution in [0, 0.1) is 0 Å². The molecule has 0 saturated heterocycles. The molecule has 0 spiro atoms. The van der Waals surface area contributed by atoms with Gasteiger partial charge in [-0.05, 0) is 23.8 Å². The first-order valence-electron chi connectivity index (χ1n) is 6.70. The summed E-state index contributed by atoms with van der Waals surface area (Å²) in [6.07, 6.45) is 3.54. The highest BCUT2D eigenvalue weighted by atomic mass is 35.5. The van der Waals surface area contributed by atoms with Crippen molar-refractivity contribution in [2.45, 2.75) is 13.1 Å². The molecule has 0 saturated carbocycles. The molecule has 1 aliphatic heterocycles. The van der Waals surface area contributed by atoms with Crippen molar-refractivity contribution < 1.29 is 13.9 Å². The maximum Gasteiger partial charge on any atom is 0.231 e. The Kier molecular flexibility index (Phi) is 4.18. The van der Waals surface area contributed by atoms with Gasteiger partial charge < -0.3 is 13.9 Å². The molecular weight excluding hydrogens is 290 g/mol. The van der Waals surface area contributed by atoms with Crippen molar-refractivity contribution in [3.8, 4) is 11.5 Å². The minimum absolute atomic E-state index is 0.248. The molecule has 0 radical (unpaired) electrons. The number of nitrogens with zero attached hydrogens (tertiary/aromatic N) is 1. The third-order valence-corrected chi connectivity index (χ3v) is 3.63. The molecule has 0 fully saturated rings. The highest BCUT2D eigenvalue weighted by molar-refractivity contribution is 6.31. The van der Waals surface area contributed by atoms with Gasteiger partial charge in [0.15, 0.2) is 11.5 Å². The van der Waals surface area contributed by atoms with Gasteiger partial charge in [-0.25, -0.2) is 0 Å². The van der Waals surface area contributed by atoms with Crippen molar-refractivity contribution in [1.29, 1.82) is 0 Å². The van der Waals surface area contributed by atoms with E-state index in [4.69, 9.17) is 25.5 Å². The number of hydrogen-bond donors (Lipinski definition) is 0. The lowest BCUT2D eigenvalue weighted by molar-refractivity contribution is 0.174. The molecule has 2 heterocycles. The van der Waals surface area contributed by atoms with Gasteiger partial charge in [-0.2, -0.15) is 0 Å². The lowest BCUT2D eigenvalue weighted by atomic mass is 10.2. The second-order valence-electron chi connectivity index (χ2n) is 4.83. The topological polar surface area (TPSA) is 34.8 Å². The lowest BCUT2D eigenvalue weighted by Crippen LogP contribution is -2.22. The molecule has 0 unspecified atom stereocenters. The molecule has 5 heteroatoms. The van der Waals surface area contributed by atoms with Crippen molar-refractivity contribution in [3.63, 3.8) is 0 Å². The zero-order valence-electron chi connectivity index (χ0n) is 11.5. The predicted octanol–water partition coefficient (Wildman–Crippen LogP) is 3.85. The normalized spacial score (nSPS) is 12.9. The van der Waals surface area contributed by atoms with Gasteiger partial charge in [0.1, 0.15) is 5.76 Å². The van der Waals surface area contributed by atoms with Gasteiger partial charge >= 0.3 is 0 Å². The van der Waals surface area contributed by atoms with Crippen molar-refractivity contribution in [2.24, 2.45) is 0 Å². The van der Waals surface area contributed by atoms with Crippen LogP contribution < -0.4 is 9.47 Å². The van der Waals surface area contributed by atoms with Gasteiger partial charge in [-0.15, -0.1) is 6.58 Å². The number of benzene rings is 1. The molecule has 110 valence electrons. The average Bonchev–Trinajstić information content (AvgIpc) is 3.10. The van der Waals surface area contributed by atoms with E-state index in [0.717, 1.165) is 23.6 Å². The fraction of sp³-hybridized carbons (Fsp3) is 0.250. The van der Waals surface area contributed by atoms with Gasteiger partial charge in [-0.1, -0.05) is 17.7 Å². The predicted molar refractivity (Wildman–Crippen MR) is 80.6 cm³/mol. The standard InChI is InChI=1S/C16H16ClNO3/c1-2-5-18(10-13-4-3-6-19-13)9-12-7-15-16(8-14(12)17)21-11-20-15/h2-4,6-8H,1,5,9-11H2. The summed E-state index contributed by atoms with van der Waals surface area (Å²) in [7, 11) is 0. The lowest BCUT2D eigenvalue weighted by Gasteiger charge is -2.20. The summed E-state index contributed by atoms with van der Waals surface area (Å²) in [6.45, 7) is 6.17. The number of hydrogen-bond acceptors (Lipinski definition) is 4. The molecule has 1 aromatic heterocycles. The highest BCUT2D eigenvalue weighted by Crippen LogP contribution is 2.37. The summed E-state index contributed by atoms with van der Waals surface area (Å²) in [5, 5.41) is 0.674. The van der Waals surface area contributed by atoms with Crippen molar-refractivity contribution in [2.75, 3.05) is 13.3 Å². The van der Waals surface area contributed by atoms with Crippen molar-refractivity contribution in [1.82, 2.24) is 4.90 Å². The fourth-order valence-electron chi connectivity index (χ4n) is 2.31. The van der Waals surface area contributed by atoms with E-state index in [1.807, 2.05) is 24.3 Å².